The number of hydrogen-bond donors (Lipinski definition) is 2. The molecular formula is C18H33N5O2. The Morgan fingerprint density at radius 1 is 1.16 bits per heavy atom. The molecule has 0 saturated carbocycles. The van der Waals surface area contributed by atoms with Gasteiger partial charge in [0.05, 0.1) is 12.8 Å². The molecule has 142 valence electrons. The number of unbranched alkanes of at least 4 members (excludes halogenated alkanes) is 3. The van der Waals surface area contributed by atoms with Gasteiger partial charge in [0.25, 0.3) is 0 Å². The van der Waals surface area contributed by atoms with Crippen molar-refractivity contribution in [3.05, 3.63) is 17.5 Å². The molecule has 0 unspecified atom stereocenters. The lowest BCUT2D eigenvalue weighted by molar-refractivity contribution is -0.140. The number of nitrogens with one attached hydrogen (secondary N) is 2. The maximum absolute atomic E-state index is 11.0. The number of carbonyl (C=O) groups excluding carboxylic acids is 1. The van der Waals surface area contributed by atoms with E-state index < -0.39 is 0 Å². The summed E-state index contributed by atoms with van der Waals surface area (Å²) in [6.07, 6.45) is 5.61. The lowest BCUT2D eigenvalue weighted by atomic mass is 10.1. The van der Waals surface area contributed by atoms with E-state index in [1.165, 1.54) is 12.8 Å². The normalized spacial score (nSPS) is 11.4. The first-order valence-corrected chi connectivity index (χ1v) is 9.09. The van der Waals surface area contributed by atoms with Crippen LogP contribution in [0.3, 0.4) is 0 Å². The third-order valence-electron chi connectivity index (χ3n) is 3.99. The highest BCUT2D eigenvalue weighted by molar-refractivity contribution is 5.79. The van der Waals surface area contributed by atoms with Crippen LogP contribution in [0.15, 0.2) is 11.1 Å². The van der Waals surface area contributed by atoms with Crippen molar-refractivity contribution < 1.29 is 9.53 Å². The number of esters is 1. The summed E-state index contributed by atoms with van der Waals surface area (Å²) in [4.78, 5) is 15.2. The van der Waals surface area contributed by atoms with Crippen LogP contribution < -0.4 is 10.6 Å². The summed E-state index contributed by atoms with van der Waals surface area (Å²) in [5.41, 5.74) is 2.27. The topological polar surface area (TPSA) is 80.5 Å². The molecule has 1 heterocycles. The van der Waals surface area contributed by atoms with E-state index in [0.717, 1.165) is 63.4 Å². The summed E-state index contributed by atoms with van der Waals surface area (Å²) in [7, 11) is 3.22. The molecule has 0 aliphatic heterocycles. The van der Waals surface area contributed by atoms with E-state index in [2.05, 4.69) is 38.5 Å². The molecule has 0 atom stereocenters. The molecule has 1 aromatic heterocycles. The van der Waals surface area contributed by atoms with Crippen molar-refractivity contribution in [2.24, 2.45) is 4.99 Å². The predicted molar refractivity (Wildman–Crippen MR) is 101 cm³/mol. The number of nitrogens with zero attached hydrogens (tertiary/aromatic N) is 3. The fourth-order valence-corrected chi connectivity index (χ4v) is 2.61. The monoisotopic (exact) mass is 351 g/mol. The Balaban J connectivity index is 2.05. The Morgan fingerprint density at radius 2 is 1.84 bits per heavy atom. The smallest absolute Gasteiger partial charge is 0.305 e. The number of ether oxygens (including phenoxy) is 1. The molecule has 0 bridgehead atoms. The van der Waals surface area contributed by atoms with Crippen LogP contribution in [0.2, 0.25) is 0 Å². The molecular weight excluding hydrogens is 318 g/mol. The molecule has 0 spiro atoms. The van der Waals surface area contributed by atoms with Crippen LogP contribution in [-0.2, 0) is 16.1 Å². The van der Waals surface area contributed by atoms with Gasteiger partial charge in [0.2, 0.25) is 0 Å². The maximum atomic E-state index is 11.0. The maximum Gasteiger partial charge on any atom is 0.305 e. The van der Waals surface area contributed by atoms with Crippen molar-refractivity contribution in [1.29, 1.82) is 0 Å². The van der Waals surface area contributed by atoms with Crippen LogP contribution >= 0.6 is 0 Å². The third kappa shape index (κ3) is 9.12. The largest absolute Gasteiger partial charge is 0.469 e. The number of hydrogen-bond acceptors (Lipinski definition) is 4. The fraction of sp³-hybridized carbons (Fsp3) is 0.722. The highest BCUT2D eigenvalue weighted by atomic mass is 16.5. The van der Waals surface area contributed by atoms with E-state index in [4.69, 9.17) is 0 Å². The number of aromatic nitrogens is 2. The number of carbonyl (C=O) groups is 1. The molecule has 7 nitrogen and oxygen atoms in total. The van der Waals surface area contributed by atoms with E-state index in [-0.39, 0.29) is 5.97 Å². The van der Waals surface area contributed by atoms with Crippen LogP contribution in [0.5, 0.6) is 0 Å². The van der Waals surface area contributed by atoms with E-state index >= 15 is 0 Å². The molecule has 0 aromatic carbocycles. The molecule has 0 aliphatic carbocycles. The third-order valence-corrected chi connectivity index (χ3v) is 3.99. The highest BCUT2D eigenvalue weighted by Gasteiger charge is 2.02. The molecule has 0 amide bonds. The number of guanidine groups is 1. The van der Waals surface area contributed by atoms with Crippen molar-refractivity contribution >= 4 is 11.9 Å². The Kier molecular flexibility index (Phi) is 10.4. The zero-order valence-corrected chi connectivity index (χ0v) is 16.1. The van der Waals surface area contributed by atoms with Crippen molar-refractivity contribution in [3.8, 4) is 0 Å². The summed E-state index contributed by atoms with van der Waals surface area (Å²) < 4.78 is 6.67. The number of aliphatic imine (C=N–C) groups is 1. The van der Waals surface area contributed by atoms with Gasteiger partial charge in [-0.15, -0.1) is 0 Å². The number of methoxy groups -OCH3 is 1. The molecule has 2 N–H and O–H groups in total. The standard InChI is InChI=1S/C18H33N5O2/c1-15-14-16(2)23(22-15)13-9-12-21-18(19-3)20-11-8-6-5-7-10-17(24)25-4/h14H,5-13H2,1-4H3,(H2,19,20,21). The van der Waals surface area contributed by atoms with Gasteiger partial charge in [-0.1, -0.05) is 12.8 Å². The van der Waals surface area contributed by atoms with Gasteiger partial charge in [-0.2, -0.15) is 5.10 Å². The van der Waals surface area contributed by atoms with Gasteiger partial charge in [0.1, 0.15) is 0 Å². The summed E-state index contributed by atoms with van der Waals surface area (Å²) in [6, 6.07) is 2.10. The molecule has 7 heteroatoms. The SMILES string of the molecule is CN=C(NCCCCCCC(=O)OC)NCCCn1nc(C)cc1C. The summed E-state index contributed by atoms with van der Waals surface area (Å²) in [5.74, 6) is 0.714. The van der Waals surface area contributed by atoms with Crippen molar-refractivity contribution in [2.45, 2.75) is 58.9 Å². The molecule has 25 heavy (non-hydrogen) atoms. The first-order valence-electron chi connectivity index (χ1n) is 9.09. The second kappa shape index (κ2) is 12.3. The van der Waals surface area contributed by atoms with Crippen molar-refractivity contribution in [2.75, 3.05) is 27.2 Å². The lowest BCUT2D eigenvalue weighted by Crippen LogP contribution is -2.38. The first kappa shape index (κ1) is 21.0. The Labute approximate surface area is 151 Å². The van der Waals surface area contributed by atoms with Gasteiger partial charge >= 0.3 is 5.97 Å². The van der Waals surface area contributed by atoms with Gasteiger partial charge < -0.3 is 15.4 Å². The van der Waals surface area contributed by atoms with Gasteiger partial charge in [0, 0.05) is 38.8 Å². The molecule has 0 radical (unpaired) electrons. The first-order chi connectivity index (χ1) is 12.1. The van der Waals surface area contributed by atoms with Crippen LogP contribution in [0.4, 0.5) is 0 Å². The minimum atomic E-state index is -0.122. The lowest BCUT2D eigenvalue weighted by Gasteiger charge is -2.12. The van der Waals surface area contributed by atoms with E-state index in [1.54, 1.807) is 7.05 Å². The second-order valence-corrected chi connectivity index (χ2v) is 6.17. The Morgan fingerprint density at radius 3 is 2.44 bits per heavy atom. The molecule has 1 rings (SSSR count). The molecule has 0 saturated heterocycles. The average molecular weight is 351 g/mol. The minimum absolute atomic E-state index is 0.122. The zero-order chi connectivity index (χ0) is 18.5. The van der Waals surface area contributed by atoms with Crippen molar-refractivity contribution in [1.82, 2.24) is 20.4 Å². The van der Waals surface area contributed by atoms with Gasteiger partial charge in [0.15, 0.2) is 5.96 Å². The Hall–Kier alpha value is -2.05. The second-order valence-electron chi connectivity index (χ2n) is 6.17. The number of rotatable bonds is 11. The zero-order valence-electron chi connectivity index (χ0n) is 16.1. The van der Waals surface area contributed by atoms with Gasteiger partial charge in [-0.25, -0.2) is 0 Å². The molecule has 1 aromatic rings. The van der Waals surface area contributed by atoms with Crippen LogP contribution in [0.25, 0.3) is 0 Å². The average Bonchev–Trinajstić information content (AvgIpc) is 2.92. The summed E-state index contributed by atoms with van der Waals surface area (Å²) >= 11 is 0. The van der Waals surface area contributed by atoms with E-state index in [9.17, 15) is 4.79 Å². The van der Waals surface area contributed by atoms with Crippen LogP contribution in [-0.4, -0.2) is 49.0 Å². The molecule has 0 aliphatic rings. The summed E-state index contributed by atoms with van der Waals surface area (Å²) in [6.45, 7) is 6.75. The Bertz CT molecular complexity index is 540. The highest BCUT2D eigenvalue weighted by Crippen LogP contribution is 2.03. The van der Waals surface area contributed by atoms with E-state index in [1.807, 2.05) is 11.6 Å². The van der Waals surface area contributed by atoms with Crippen LogP contribution in [0, 0.1) is 13.8 Å². The number of aryl methyl sites for hydroxylation is 3. The quantitative estimate of drug-likeness (QED) is 0.276. The van der Waals surface area contributed by atoms with Gasteiger partial charge in [-0.3, -0.25) is 14.5 Å². The van der Waals surface area contributed by atoms with E-state index in [0.29, 0.717) is 6.42 Å². The summed E-state index contributed by atoms with van der Waals surface area (Å²) in [5, 5.41) is 11.1. The molecule has 0 fully saturated rings. The minimum Gasteiger partial charge on any atom is -0.469 e. The fourth-order valence-electron chi connectivity index (χ4n) is 2.61. The predicted octanol–water partition coefficient (Wildman–Crippen LogP) is 2.18. The van der Waals surface area contributed by atoms with Crippen molar-refractivity contribution in [3.63, 3.8) is 0 Å². The van der Waals surface area contributed by atoms with Gasteiger partial charge in [-0.05, 0) is 39.2 Å². The van der Waals surface area contributed by atoms with Crippen LogP contribution in [0.1, 0.15) is 49.9 Å².